The first-order valence-electron chi connectivity index (χ1n) is 5.35. The molecule has 0 radical (unpaired) electrons. The van der Waals surface area contributed by atoms with Crippen molar-refractivity contribution in [2.24, 2.45) is 0 Å². The van der Waals surface area contributed by atoms with E-state index >= 15 is 0 Å². The van der Waals surface area contributed by atoms with E-state index in [1.165, 1.54) is 0 Å². The highest BCUT2D eigenvalue weighted by molar-refractivity contribution is 5.90. The molecule has 0 saturated carbocycles. The van der Waals surface area contributed by atoms with Gasteiger partial charge in [-0.25, -0.2) is 4.79 Å². The van der Waals surface area contributed by atoms with Crippen molar-refractivity contribution in [2.45, 2.75) is 26.9 Å². The maximum absolute atomic E-state index is 11.7. The van der Waals surface area contributed by atoms with Gasteiger partial charge in [-0.1, -0.05) is 0 Å². The van der Waals surface area contributed by atoms with Crippen molar-refractivity contribution in [3.63, 3.8) is 0 Å². The molecule has 4 nitrogen and oxygen atoms in total. The van der Waals surface area contributed by atoms with E-state index in [0.717, 1.165) is 0 Å². The second kappa shape index (κ2) is 6.23. The zero-order chi connectivity index (χ0) is 12.0. The number of ether oxygens (including phenoxy) is 2. The Bertz CT molecular complexity index is 352. The fourth-order valence-electron chi connectivity index (χ4n) is 1.26. The molecular weight excluding hydrogens is 206 g/mol. The van der Waals surface area contributed by atoms with Crippen LogP contribution in [-0.4, -0.2) is 30.3 Å². The number of carbonyl (C=O) groups is 1. The molecule has 88 valence electrons. The second-order valence-corrected chi connectivity index (χ2v) is 3.51. The molecule has 1 heterocycles. The standard InChI is InChI=1S/C12H17NO3/c1-4-15-8-9(2)16-12(14)11-6-5-7-13-10(11)3/h5-7,9H,4,8H2,1-3H3/t9-/m1/s1. The van der Waals surface area contributed by atoms with Crippen LogP contribution in [0.2, 0.25) is 0 Å². The van der Waals surface area contributed by atoms with Crippen molar-refractivity contribution in [3.05, 3.63) is 29.6 Å². The summed E-state index contributed by atoms with van der Waals surface area (Å²) >= 11 is 0. The number of hydrogen-bond donors (Lipinski definition) is 0. The summed E-state index contributed by atoms with van der Waals surface area (Å²) in [7, 11) is 0. The number of nitrogens with zero attached hydrogens (tertiary/aromatic N) is 1. The molecule has 1 atom stereocenters. The lowest BCUT2D eigenvalue weighted by Gasteiger charge is -2.13. The van der Waals surface area contributed by atoms with Gasteiger partial charge < -0.3 is 9.47 Å². The predicted octanol–water partition coefficient (Wildman–Crippen LogP) is 1.97. The number of aryl methyl sites for hydroxylation is 1. The molecular formula is C12H17NO3. The lowest BCUT2D eigenvalue weighted by molar-refractivity contribution is 0.00429. The lowest BCUT2D eigenvalue weighted by Crippen LogP contribution is -2.21. The van der Waals surface area contributed by atoms with Crippen molar-refractivity contribution in [3.8, 4) is 0 Å². The molecule has 0 aliphatic carbocycles. The van der Waals surface area contributed by atoms with E-state index < -0.39 is 0 Å². The molecule has 0 bridgehead atoms. The monoisotopic (exact) mass is 223 g/mol. The van der Waals surface area contributed by atoms with Crippen LogP contribution in [0.5, 0.6) is 0 Å². The Kier molecular flexibility index (Phi) is 4.92. The molecule has 1 aromatic rings. The molecule has 0 aliphatic rings. The van der Waals surface area contributed by atoms with Gasteiger partial charge in [0.1, 0.15) is 6.10 Å². The summed E-state index contributed by atoms with van der Waals surface area (Å²) in [5.74, 6) is -0.349. The quantitative estimate of drug-likeness (QED) is 0.716. The third-order valence-electron chi connectivity index (χ3n) is 2.09. The highest BCUT2D eigenvalue weighted by Gasteiger charge is 2.14. The van der Waals surface area contributed by atoms with Gasteiger partial charge in [-0.2, -0.15) is 0 Å². The number of pyridine rings is 1. The summed E-state index contributed by atoms with van der Waals surface area (Å²) in [6.45, 7) is 6.53. The van der Waals surface area contributed by atoms with Gasteiger partial charge in [0.15, 0.2) is 0 Å². The van der Waals surface area contributed by atoms with E-state index in [1.54, 1.807) is 32.2 Å². The highest BCUT2D eigenvalue weighted by Crippen LogP contribution is 2.07. The minimum Gasteiger partial charge on any atom is -0.457 e. The molecule has 0 unspecified atom stereocenters. The summed E-state index contributed by atoms with van der Waals surface area (Å²) in [5, 5.41) is 0. The van der Waals surface area contributed by atoms with Crippen LogP contribution in [-0.2, 0) is 9.47 Å². The molecule has 4 heteroatoms. The Morgan fingerprint density at radius 1 is 1.56 bits per heavy atom. The number of hydrogen-bond acceptors (Lipinski definition) is 4. The van der Waals surface area contributed by atoms with Crippen LogP contribution >= 0.6 is 0 Å². The van der Waals surface area contributed by atoms with Gasteiger partial charge in [-0.05, 0) is 32.9 Å². The van der Waals surface area contributed by atoms with E-state index in [0.29, 0.717) is 24.5 Å². The van der Waals surface area contributed by atoms with Crippen LogP contribution in [0.3, 0.4) is 0 Å². The molecule has 0 saturated heterocycles. The zero-order valence-corrected chi connectivity index (χ0v) is 9.90. The molecule has 0 aliphatic heterocycles. The Hall–Kier alpha value is -1.42. The Morgan fingerprint density at radius 3 is 2.94 bits per heavy atom. The fourth-order valence-corrected chi connectivity index (χ4v) is 1.26. The van der Waals surface area contributed by atoms with Gasteiger partial charge >= 0.3 is 5.97 Å². The van der Waals surface area contributed by atoms with Gasteiger partial charge in [0.2, 0.25) is 0 Å². The average molecular weight is 223 g/mol. The van der Waals surface area contributed by atoms with Crippen molar-refractivity contribution < 1.29 is 14.3 Å². The molecule has 0 N–H and O–H groups in total. The molecule has 0 aromatic carbocycles. The number of aromatic nitrogens is 1. The minimum absolute atomic E-state index is 0.243. The van der Waals surface area contributed by atoms with Crippen LogP contribution in [0.25, 0.3) is 0 Å². The van der Waals surface area contributed by atoms with Crippen molar-refractivity contribution in [1.29, 1.82) is 0 Å². The van der Waals surface area contributed by atoms with Crippen LogP contribution in [0.15, 0.2) is 18.3 Å². The first-order valence-corrected chi connectivity index (χ1v) is 5.35. The lowest BCUT2D eigenvalue weighted by atomic mass is 10.2. The third-order valence-corrected chi connectivity index (χ3v) is 2.09. The highest BCUT2D eigenvalue weighted by atomic mass is 16.6. The van der Waals surface area contributed by atoms with Crippen molar-refractivity contribution in [1.82, 2.24) is 4.98 Å². The Balaban J connectivity index is 2.56. The zero-order valence-electron chi connectivity index (χ0n) is 9.90. The number of carbonyl (C=O) groups excluding carboxylic acids is 1. The van der Waals surface area contributed by atoms with Crippen molar-refractivity contribution in [2.75, 3.05) is 13.2 Å². The summed E-state index contributed by atoms with van der Waals surface area (Å²) < 4.78 is 10.4. The Morgan fingerprint density at radius 2 is 2.31 bits per heavy atom. The first kappa shape index (κ1) is 12.6. The molecule has 1 rings (SSSR count). The molecule has 0 amide bonds. The molecule has 16 heavy (non-hydrogen) atoms. The molecule has 0 fully saturated rings. The van der Waals surface area contributed by atoms with Gasteiger partial charge in [0, 0.05) is 12.8 Å². The average Bonchev–Trinajstić information content (AvgIpc) is 2.26. The van der Waals surface area contributed by atoms with Crippen LogP contribution in [0.1, 0.15) is 29.9 Å². The smallest absolute Gasteiger partial charge is 0.340 e. The first-order chi connectivity index (χ1) is 7.65. The maximum Gasteiger partial charge on any atom is 0.340 e. The third kappa shape index (κ3) is 3.62. The van der Waals surface area contributed by atoms with E-state index in [4.69, 9.17) is 9.47 Å². The van der Waals surface area contributed by atoms with Gasteiger partial charge in [-0.15, -0.1) is 0 Å². The maximum atomic E-state index is 11.7. The topological polar surface area (TPSA) is 48.4 Å². The van der Waals surface area contributed by atoms with E-state index in [9.17, 15) is 4.79 Å². The number of rotatable bonds is 5. The van der Waals surface area contributed by atoms with Crippen LogP contribution in [0, 0.1) is 6.92 Å². The van der Waals surface area contributed by atoms with E-state index in [2.05, 4.69) is 4.98 Å². The second-order valence-electron chi connectivity index (χ2n) is 3.51. The van der Waals surface area contributed by atoms with Gasteiger partial charge in [-0.3, -0.25) is 4.98 Å². The SMILES string of the molecule is CCOC[C@@H](C)OC(=O)c1cccnc1C. The normalized spacial score (nSPS) is 12.2. The predicted molar refractivity (Wildman–Crippen MR) is 60.3 cm³/mol. The fraction of sp³-hybridized carbons (Fsp3) is 0.500. The molecule has 0 spiro atoms. The van der Waals surface area contributed by atoms with Gasteiger partial charge in [0.25, 0.3) is 0 Å². The molecule has 1 aromatic heterocycles. The summed E-state index contributed by atoms with van der Waals surface area (Å²) in [4.78, 5) is 15.8. The van der Waals surface area contributed by atoms with E-state index in [1.807, 2.05) is 6.92 Å². The Labute approximate surface area is 95.6 Å². The number of esters is 1. The summed E-state index contributed by atoms with van der Waals surface area (Å²) in [6, 6.07) is 3.43. The van der Waals surface area contributed by atoms with Crippen LogP contribution < -0.4 is 0 Å². The minimum atomic E-state index is -0.349. The van der Waals surface area contributed by atoms with E-state index in [-0.39, 0.29) is 12.1 Å². The van der Waals surface area contributed by atoms with Gasteiger partial charge in [0.05, 0.1) is 17.9 Å². The summed E-state index contributed by atoms with van der Waals surface area (Å²) in [5.41, 5.74) is 1.18. The largest absolute Gasteiger partial charge is 0.457 e. The van der Waals surface area contributed by atoms with Crippen molar-refractivity contribution >= 4 is 5.97 Å². The summed E-state index contributed by atoms with van der Waals surface area (Å²) in [6.07, 6.45) is 1.41. The van der Waals surface area contributed by atoms with Crippen LogP contribution in [0.4, 0.5) is 0 Å².